The van der Waals surface area contributed by atoms with Crippen molar-refractivity contribution in [3.63, 3.8) is 0 Å². The normalized spacial score (nSPS) is 12.6. The average Bonchev–Trinajstić information content (AvgIpc) is 1.94. The number of nitrogens with zero attached hydrogens (tertiary/aromatic N) is 1. The quantitative estimate of drug-likeness (QED) is 0.669. The number of carbonyl (C=O) groups is 1. The third-order valence-electron chi connectivity index (χ3n) is 1.47. The van der Waals surface area contributed by atoms with Crippen LogP contribution in [0, 0.1) is 0 Å². The van der Waals surface area contributed by atoms with Crippen LogP contribution in [-0.2, 0) is 0 Å². The smallest absolute Gasteiger partial charge is 0.411 e. The van der Waals surface area contributed by atoms with Crippen molar-refractivity contribution >= 4 is 6.09 Å². The van der Waals surface area contributed by atoms with Gasteiger partial charge in [-0.1, -0.05) is 12.2 Å². The lowest BCUT2D eigenvalue weighted by molar-refractivity contribution is 0.130. The Hall–Kier alpha value is -1.25. The second-order valence-electron chi connectivity index (χ2n) is 3.69. The van der Waals surface area contributed by atoms with Crippen LogP contribution in [0.25, 0.3) is 0 Å². The zero-order valence-electron chi connectivity index (χ0n) is 8.61. The van der Waals surface area contributed by atoms with Gasteiger partial charge in [0.25, 0.3) is 0 Å². The molecule has 0 saturated carbocycles. The van der Waals surface area contributed by atoms with Gasteiger partial charge < -0.3 is 5.11 Å². The Balaban J connectivity index is 4.55. The second-order valence-corrected chi connectivity index (χ2v) is 3.69. The van der Waals surface area contributed by atoms with Crippen LogP contribution in [0.4, 0.5) is 4.79 Å². The topological polar surface area (TPSA) is 40.5 Å². The largest absolute Gasteiger partial charge is 0.465 e. The van der Waals surface area contributed by atoms with Crippen LogP contribution in [-0.4, -0.2) is 21.6 Å². The first-order chi connectivity index (χ1) is 5.89. The fraction of sp³-hybridized carbons (Fsp3) is 0.500. The zero-order valence-corrected chi connectivity index (χ0v) is 8.61. The molecule has 74 valence electrons. The monoisotopic (exact) mass is 183 g/mol. The molecule has 0 bridgehead atoms. The predicted molar refractivity (Wildman–Crippen MR) is 53.6 cm³/mol. The Morgan fingerprint density at radius 3 is 2.15 bits per heavy atom. The van der Waals surface area contributed by atoms with E-state index in [1.165, 1.54) is 4.90 Å². The first kappa shape index (κ1) is 11.8. The van der Waals surface area contributed by atoms with Crippen molar-refractivity contribution in [2.24, 2.45) is 0 Å². The van der Waals surface area contributed by atoms with Gasteiger partial charge in [-0.3, -0.25) is 4.90 Å². The Labute approximate surface area is 79.4 Å². The van der Waals surface area contributed by atoms with Crippen molar-refractivity contribution in [2.45, 2.75) is 33.2 Å². The van der Waals surface area contributed by atoms with Gasteiger partial charge in [0.15, 0.2) is 0 Å². The molecule has 0 unspecified atom stereocenters. The summed E-state index contributed by atoms with van der Waals surface area (Å²) in [5, 5.41) is 8.86. The highest BCUT2D eigenvalue weighted by molar-refractivity contribution is 5.67. The highest BCUT2D eigenvalue weighted by atomic mass is 16.4. The lowest BCUT2D eigenvalue weighted by Gasteiger charge is -2.29. The summed E-state index contributed by atoms with van der Waals surface area (Å²) in [6.45, 7) is 7.43. The summed E-state index contributed by atoms with van der Waals surface area (Å²) >= 11 is 0. The van der Waals surface area contributed by atoms with Gasteiger partial charge >= 0.3 is 6.09 Å². The summed E-state index contributed by atoms with van der Waals surface area (Å²) in [5.74, 6) is 0. The average molecular weight is 183 g/mol. The molecule has 0 aliphatic carbocycles. The molecule has 1 N–H and O–H groups in total. The van der Waals surface area contributed by atoms with Crippen LogP contribution in [0.1, 0.15) is 27.7 Å². The predicted octanol–water partition coefficient (Wildman–Crippen LogP) is 2.85. The van der Waals surface area contributed by atoms with E-state index in [2.05, 4.69) is 0 Å². The maximum absolute atomic E-state index is 10.8. The third kappa shape index (κ3) is 4.35. The second kappa shape index (κ2) is 4.70. The first-order valence-corrected chi connectivity index (χ1v) is 4.21. The fourth-order valence-corrected chi connectivity index (χ4v) is 0.821. The van der Waals surface area contributed by atoms with Crippen LogP contribution in [0.3, 0.4) is 0 Å². The molecule has 0 atom stereocenters. The Morgan fingerprint density at radius 2 is 1.85 bits per heavy atom. The number of allylic oxidation sites excluding steroid dienone is 3. The molecule has 0 aromatic carbocycles. The lowest BCUT2D eigenvalue weighted by Crippen LogP contribution is -2.40. The maximum Gasteiger partial charge on any atom is 0.411 e. The number of amides is 1. The molecule has 3 nitrogen and oxygen atoms in total. The lowest BCUT2D eigenvalue weighted by atomic mass is 10.1. The third-order valence-corrected chi connectivity index (χ3v) is 1.47. The minimum Gasteiger partial charge on any atom is -0.465 e. The van der Waals surface area contributed by atoms with E-state index in [4.69, 9.17) is 5.11 Å². The minimum atomic E-state index is -0.937. The molecule has 0 fully saturated rings. The molecule has 0 aliphatic rings. The summed E-state index contributed by atoms with van der Waals surface area (Å²) in [7, 11) is 0. The van der Waals surface area contributed by atoms with Gasteiger partial charge in [-0.2, -0.15) is 0 Å². The van der Waals surface area contributed by atoms with E-state index < -0.39 is 11.6 Å². The van der Waals surface area contributed by atoms with Gasteiger partial charge in [-0.05, 0) is 33.8 Å². The molecule has 0 saturated heterocycles. The van der Waals surface area contributed by atoms with Crippen LogP contribution >= 0.6 is 0 Å². The van der Waals surface area contributed by atoms with E-state index in [1.54, 1.807) is 18.4 Å². The van der Waals surface area contributed by atoms with E-state index >= 15 is 0 Å². The standard InChI is InChI=1S/C10H17NO2/c1-5-6-7-8-11(9(12)13)10(2,3)4/h5-8H,1-4H3,(H,12,13). The van der Waals surface area contributed by atoms with Crippen LogP contribution in [0.5, 0.6) is 0 Å². The van der Waals surface area contributed by atoms with Crippen molar-refractivity contribution in [2.75, 3.05) is 0 Å². The van der Waals surface area contributed by atoms with E-state index in [0.29, 0.717) is 0 Å². The maximum atomic E-state index is 10.8. The van der Waals surface area contributed by atoms with Gasteiger partial charge in [0.05, 0.1) is 0 Å². The highest BCUT2D eigenvalue weighted by Crippen LogP contribution is 2.13. The van der Waals surface area contributed by atoms with Crippen molar-refractivity contribution in [3.8, 4) is 0 Å². The molecule has 0 heterocycles. The van der Waals surface area contributed by atoms with Crippen LogP contribution in [0.15, 0.2) is 24.4 Å². The minimum absolute atomic E-state index is 0.399. The molecule has 13 heavy (non-hydrogen) atoms. The highest BCUT2D eigenvalue weighted by Gasteiger charge is 2.23. The fourth-order valence-electron chi connectivity index (χ4n) is 0.821. The summed E-state index contributed by atoms with van der Waals surface area (Å²) in [6, 6.07) is 0. The molecule has 3 heteroatoms. The van der Waals surface area contributed by atoms with Crippen molar-refractivity contribution in [1.82, 2.24) is 4.90 Å². The van der Waals surface area contributed by atoms with Gasteiger partial charge in [0.1, 0.15) is 0 Å². The SMILES string of the molecule is CC=CC=CN(C(=O)O)C(C)(C)C. The Kier molecular flexibility index (Phi) is 4.25. The van der Waals surface area contributed by atoms with E-state index in [0.717, 1.165) is 0 Å². The molecule has 0 spiro atoms. The number of carboxylic acid groups (broad SMARTS) is 1. The molecule has 0 aromatic rings. The summed E-state index contributed by atoms with van der Waals surface area (Å²) in [5.41, 5.74) is -0.399. The number of hydrogen-bond acceptors (Lipinski definition) is 1. The van der Waals surface area contributed by atoms with E-state index in [9.17, 15) is 4.79 Å². The molecular weight excluding hydrogens is 166 g/mol. The molecule has 0 rings (SSSR count). The van der Waals surface area contributed by atoms with Gasteiger partial charge in [-0.25, -0.2) is 4.79 Å². The summed E-state index contributed by atoms with van der Waals surface area (Å²) in [6.07, 6.45) is 5.97. The van der Waals surface area contributed by atoms with Crippen molar-refractivity contribution in [1.29, 1.82) is 0 Å². The van der Waals surface area contributed by atoms with E-state index in [1.807, 2.05) is 33.8 Å². The van der Waals surface area contributed by atoms with E-state index in [-0.39, 0.29) is 0 Å². The number of rotatable bonds is 2. The van der Waals surface area contributed by atoms with Gasteiger partial charge in [0, 0.05) is 11.7 Å². The van der Waals surface area contributed by atoms with Crippen molar-refractivity contribution < 1.29 is 9.90 Å². The van der Waals surface area contributed by atoms with Crippen molar-refractivity contribution in [3.05, 3.63) is 24.4 Å². The zero-order chi connectivity index (χ0) is 10.5. The molecule has 0 aromatic heterocycles. The molecule has 0 radical (unpaired) electrons. The Morgan fingerprint density at radius 1 is 1.31 bits per heavy atom. The summed E-state index contributed by atoms with van der Waals surface area (Å²) in [4.78, 5) is 12.1. The van der Waals surface area contributed by atoms with Gasteiger partial charge in [0.2, 0.25) is 0 Å². The van der Waals surface area contributed by atoms with Gasteiger partial charge in [-0.15, -0.1) is 0 Å². The molecule has 1 amide bonds. The molecule has 0 aliphatic heterocycles. The molecular formula is C10H17NO2. The van der Waals surface area contributed by atoms with Crippen LogP contribution < -0.4 is 0 Å². The summed E-state index contributed by atoms with van der Waals surface area (Å²) < 4.78 is 0. The van der Waals surface area contributed by atoms with Crippen LogP contribution in [0.2, 0.25) is 0 Å². The number of hydrogen-bond donors (Lipinski definition) is 1. The first-order valence-electron chi connectivity index (χ1n) is 4.21. The Bertz CT molecular complexity index is 224.